The lowest BCUT2D eigenvalue weighted by atomic mass is 10.0. The summed E-state index contributed by atoms with van der Waals surface area (Å²) in [6.07, 6.45) is 0. The molecule has 6 nitrogen and oxygen atoms in total. The summed E-state index contributed by atoms with van der Waals surface area (Å²) < 4.78 is 0. The lowest BCUT2D eigenvalue weighted by Crippen LogP contribution is -2.15. The van der Waals surface area contributed by atoms with Gasteiger partial charge in [-0.3, -0.25) is 9.78 Å². The quantitative estimate of drug-likeness (QED) is 0.646. The highest BCUT2D eigenvalue weighted by Crippen LogP contribution is 2.18. The van der Waals surface area contributed by atoms with Crippen LogP contribution in [0.3, 0.4) is 0 Å². The molecule has 0 aliphatic heterocycles. The van der Waals surface area contributed by atoms with Crippen molar-refractivity contribution in [3.05, 3.63) is 63.9 Å². The number of aromatic amines is 1. The number of H-pyrrole nitrogens is 1. The van der Waals surface area contributed by atoms with Gasteiger partial charge in [-0.15, -0.1) is 10.2 Å². The highest BCUT2D eigenvalue weighted by molar-refractivity contribution is 5.62. The molecule has 3 aromatic rings. The number of nitrogen functional groups attached to an aromatic ring is 1. The maximum absolute atomic E-state index is 12.3. The molecule has 0 aliphatic rings. The Morgan fingerprint density at radius 2 is 1.87 bits per heavy atom. The van der Waals surface area contributed by atoms with Crippen LogP contribution in [0.25, 0.3) is 11.3 Å². The van der Waals surface area contributed by atoms with Gasteiger partial charge in [0.15, 0.2) is 5.69 Å². The number of anilines is 3. The topological polar surface area (TPSA) is 96.7 Å². The molecule has 0 atom stereocenters. The SMILES string of the molecule is Cc1ccc(-c2nnc(Nc3cccc(N)c3)[nH]c2=O)cc1C. The molecule has 3 rings (SSSR count). The minimum absolute atomic E-state index is 0.271. The maximum Gasteiger partial charge on any atom is 0.279 e. The molecule has 0 radical (unpaired) electrons. The van der Waals surface area contributed by atoms with E-state index in [2.05, 4.69) is 20.5 Å². The minimum atomic E-state index is -0.297. The van der Waals surface area contributed by atoms with Gasteiger partial charge < -0.3 is 11.1 Å². The fraction of sp³-hybridized carbons (Fsp3) is 0.118. The molecule has 0 bridgehead atoms. The third-order valence-corrected chi connectivity index (χ3v) is 3.63. The molecule has 0 unspecified atom stereocenters. The fourth-order valence-electron chi connectivity index (χ4n) is 2.22. The van der Waals surface area contributed by atoms with Crippen molar-refractivity contribution in [1.29, 1.82) is 0 Å². The van der Waals surface area contributed by atoms with E-state index in [0.29, 0.717) is 11.4 Å². The second kappa shape index (κ2) is 5.92. The number of nitrogens with two attached hydrogens (primary N) is 1. The molecule has 0 amide bonds. The number of rotatable bonds is 3. The maximum atomic E-state index is 12.3. The summed E-state index contributed by atoms with van der Waals surface area (Å²) in [5, 5.41) is 11.1. The van der Waals surface area contributed by atoms with Crippen molar-refractivity contribution in [2.75, 3.05) is 11.1 Å². The van der Waals surface area contributed by atoms with Gasteiger partial charge in [0, 0.05) is 16.9 Å². The molecular weight excluding hydrogens is 290 g/mol. The van der Waals surface area contributed by atoms with E-state index in [9.17, 15) is 4.79 Å². The van der Waals surface area contributed by atoms with Crippen molar-refractivity contribution >= 4 is 17.3 Å². The Labute approximate surface area is 133 Å². The average Bonchev–Trinajstić information content (AvgIpc) is 2.50. The first kappa shape index (κ1) is 14.8. The van der Waals surface area contributed by atoms with Crippen LogP contribution in [0, 0.1) is 13.8 Å². The van der Waals surface area contributed by atoms with Gasteiger partial charge in [-0.2, -0.15) is 0 Å². The third kappa shape index (κ3) is 3.21. The van der Waals surface area contributed by atoms with Gasteiger partial charge in [-0.05, 0) is 49.2 Å². The lowest BCUT2D eigenvalue weighted by Gasteiger charge is -2.07. The van der Waals surface area contributed by atoms with Crippen molar-refractivity contribution in [1.82, 2.24) is 15.2 Å². The first-order valence-corrected chi connectivity index (χ1v) is 7.20. The largest absolute Gasteiger partial charge is 0.399 e. The molecule has 4 N–H and O–H groups in total. The molecule has 2 aromatic carbocycles. The second-order valence-electron chi connectivity index (χ2n) is 5.40. The molecule has 0 saturated carbocycles. The van der Waals surface area contributed by atoms with Crippen LogP contribution in [0.5, 0.6) is 0 Å². The second-order valence-corrected chi connectivity index (χ2v) is 5.40. The van der Waals surface area contributed by atoms with Gasteiger partial charge in [-0.1, -0.05) is 18.2 Å². The summed E-state index contributed by atoms with van der Waals surface area (Å²) in [4.78, 5) is 15.0. The molecule has 0 spiro atoms. The minimum Gasteiger partial charge on any atom is -0.399 e. The van der Waals surface area contributed by atoms with Crippen molar-refractivity contribution in [3.63, 3.8) is 0 Å². The van der Waals surface area contributed by atoms with Crippen LogP contribution < -0.4 is 16.6 Å². The van der Waals surface area contributed by atoms with Crippen molar-refractivity contribution < 1.29 is 0 Å². The molecule has 6 heteroatoms. The monoisotopic (exact) mass is 307 g/mol. The number of hydrogen-bond donors (Lipinski definition) is 3. The summed E-state index contributed by atoms with van der Waals surface area (Å²) >= 11 is 0. The van der Waals surface area contributed by atoms with Crippen LogP contribution in [-0.2, 0) is 0 Å². The molecule has 1 aromatic heterocycles. The molecule has 0 fully saturated rings. The van der Waals surface area contributed by atoms with E-state index in [0.717, 1.165) is 22.4 Å². The van der Waals surface area contributed by atoms with Crippen LogP contribution in [0.2, 0.25) is 0 Å². The van der Waals surface area contributed by atoms with E-state index < -0.39 is 0 Å². The first-order chi connectivity index (χ1) is 11.0. The van der Waals surface area contributed by atoms with Crippen molar-refractivity contribution in [3.8, 4) is 11.3 Å². The van der Waals surface area contributed by atoms with Crippen LogP contribution in [-0.4, -0.2) is 15.2 Å². The number of aromatic nitrogens is 3. The zero-order valence-corrected chi connectivity index (χ0v) is 12.9. The first-order valence-electron chi connectivity index (χ1n) is 7.20. The van der Waals surface area contributed by atoms with Gasteiger partial charge in [0.05, 0.1) is 0 Å². The van der Waals surface area contributed by atoms with Crippen LogP contribution in [0.1, 0.15) is 11.1 Å². The number of aryl methyl sites for hydroxylation is 2. The summed E-state index contributed by atoms with van der Waals surface area (Å²) in [6, 6.07) is 12.9. The Kier molecular flexibility index (Phi) is 3.80. The highest BCUT2D eigenvalue weighted by atomic mass is 16.1. The van der Waals surface area contributed by atoms with Crippen molar-refractivity contribution in [2.45, 2.75) is 13.8 Å². The van der Waals surface area contributed by atoms with E-state index in [1.165, 1.54) is 0 Å². The summed E-state index contributed by atoms with van der Waals surface area (Å²) in [5.74, 6) is 0.271. The molecule has 0 saturated heterocycles. The van der Waals surface area contributed by atoms with E-state index >= 15 is 0 Å². The van der Waals surface area contributed by atoms with Crippen LogP contribution in [0.4, 0.5) is 17.3 Å². The Morgan fingerprint density at radius 1 is 1.04 bits per heavy atom. The molecular formula is C17H17N5O. The number of nitrogens with one attached hydrogen (secondary N) is 2. The van der Waals surface area contributed by atoms with E-state index in [1.807, 2.05) is 44.2 Å². The van der Waals surface area contributed by atoms with Gasteiger partial charge in [0.25, 0.3) is 5.56 Å². The fourth-order valence-corrected chi connectivity index (χ4v) is 2.22. The lowest BCUT2D eigenvalue weighted by molar-refractivity contribution is 0.961. The molecule has 116 valence electrons. The highest BCUT2D eigenvalue weighted by Gasteiger charge is 2.09. The Bertz CT molecular complexity index is 917. The van der Waals surface area contributed by atoms with Gasteiger partial charge in [0.2, 0.25) is 5.95 Å². The van der Waals surface area contributed by atoms with E-state index in [-0.39, 0.29) is 11.5 Å². The molecule has 0 aliphatic carbocycles. The van der Waals surface area contributed by atoms with Gasteiger partial charge in [0.1, 0.15) is 0 Å². The zero-order valence-electron chi connectivity index (χ0n) is 12.9. The average molecular weight is 307 g/mol. The number of nitrogens with zero attached hydrogens (tertiary/aromatic N) is 2. The van der Waals surface area contributed by atoms with E-state index in [1.54, 1.807) is 12.1 Å². The van der Waals surface area contributed by atoms with E-state index in [4.69, 9.17) is 5.73 Å². The normalized spacial score (nSPS) is 10.5. The Hall–Kier alpha value is -3.15. The molecule has 23 heavy (non-hydrogen) atoms. The van der Waals surface area contributed by atoms with Crippen LogP contribution in [0.15, 0.2) is 47.3 Å². The number of benzene rings is 2. The van der Waals surface area contributed by atoms with Crippen LogP contribution >= 0.6 is 0 Å². The zero-order chi connectivity index (χ0) is 16.4. The van der Waals surface area contributed by atoms with Gasteiger partial charge in [-0.25, -0.2) is 0 Å². The smallest absolute Gasteiger partial charge is 0.279 e. The molecule has 1 heterocycles. The standard InChI is InChI=1S/C17H17N5O/c1-10-6-7-12(8-11(10)2)15-16(23)20-17(22-21-15)19-14-5-3-4-13(18)9-14/h3-9H,18H2,1-2H3,(H2,19,20,22,23). The number of hydrogen-bond acceptors (Lipinski definition) is 5. The summed E-state index contributed by atoms with van der Waals surface area (Å²) in [6.45, 7) is 4.02. The predicted molar refractivity (Wildman–Crippen MR) is 91.7 cm³/mol. The van der Waals surface area contributed by atoms with Gasteiger partial charge >= 0.3 is 0 Å². The predicted octanol–water partition coefficient (Wildman–Crippen LogP) is 2.77. The summed E-state index contributed by atoms with van der Waals surface area (Å²) in [7, 11) is 0. The Balaban J connectivity index is 1.91. The Morgan fingerprint density at radius 3 is 2.57 bits per heavy atom. The third-order valence-electron chi connectivity index (χ3n) is 3.63. The van der Waals surface area contributed by atoms with Crippen molar-refractivity contribution in [2.24, 2.45) is 0 Å². The summed E-state index contributed by atoms with van der Waals surface area (Å²) in [5.41, 5.74) is 10.1.